The van der Waals surface area contributed by atoms with E-state index in [-0.39, 0.29) is 6.42 Å². The molecule has 1 aliphatic rings. The number of hydrogen-bond donors (Lipinski definition) is 9. The van der Waals surface area contributed by atoms with Gasteiger partial charge in [-0.15, -0.1) is 0 Å². The van der Waals surface area contributed by atoms with Gasteiger partial charge >= 0.3 is 7.82 Å². The first kappa shape index (κ1) is 57.1. The molecular weight excluding hydrogens is 789 g/mol. The first-order chi connectivity index (χ1) is 28.8. The highest BCUT2D eigenvalue weighted by molar-refractivity contribution is 7.47. The molecule has 1 saturated carbocycles. The molecule has 60 heavy (non-hydrogen) atoms. The highest BCUT2D eigenvalue weighted by Gasteiger charge is 2.51. The van der Waals surface area contributed by atoms with Crippen LogP contribution in [0.15, 0.2) is 12.2 Å². The van der Waals surface area contributed by atoms with Crippen molar-refractivity contribution in [2.45, 2.75) is 268 Å². The Labute approximate surface area is 363 Å². The zero-order chi connectivity index (χ0) is 44.4. The molecule has 0 radical (unpaired) electrons. The van der Waals surface area contributed by atoms with Gasteiger partial charge in [-0.05, 0) is 19.3 Å². The molecule has 0 aromatic carbocycles. The number of hydrogen-bond acceptors (Lipinski definition) is 11. The van der Waals surface area contributed by atoms with E-state index >= 15 is 0 Å². The lowest BCUT2D eigenvalue weighted by Gasteiger charge is -2.41. The molecule has 0 spiro atoms. The zero-order valence-corrected chi connectivity index (χ0v) is 38.5. The molecule has 0 saturated heterocycles. The molecule has 8 atom stereocenters. The van der Waals surface area contributed by atoms with Crippen LogP contribution in [0.3, 0.4) is 0 Å². The van der Waals surface area contributed by atoms with Crippen LogP contribution in [0.4, 0.5) is 0 Å². The molecule has 1 aliphatic carbocycles. The van der Waals surface area contributed by atoms with Gasteiger partial charge in [0.1, 0.15) is 36.6 Å². The molecular formula is C46H90NO12P. The minimum atomic E-state index is -5.14. The van der Waals surface area contributed by atoms with Gasteiger partial charge in [0.2, 0.25) is 5.91 Å². The van der Waals surface area contributed by atoms with Gasteiger partial charge in [-0.25, -0.2) is 4.57 Å². The molecule has 8 unspecified atom stereocenters. The second-order valence-electron chi connectivity index (χ2n) is 17.5. The summed E-state index contributed by atoms with van der Waals surface area (Å²) in [5.74, 6) is -0.592. The van der Waals surface area contributed by atoms with Crippen LogP contribution in [0.1, 0.15) is 213 Å². The molecule has 14 heteroatoms. The van der Waals surface area contributed by atoms with Gasteiger partial charge < -0.3 is 46.0 Å². The summed E-state index contributed by atoms with van der Waals surface area (Å²) in [4.78, 5) is 23.4. The maximum absolute atomic E-state index is 13.0. The maximum atomic E-state index is 13.0. The minimum absolute atomic E-state index is 0.241. The highest BCUT2D eigenvalue weighted by Crippen LogP contribution is 2.47. The number of carbonyl (C=O) groups is 1. The van der Waals surface area contributed by atoms with Crippen molar-refractivity contribution in [2.75, 3.05) is 6.61 Å². The Morgan fingerprint density at radius 3 is 1.37 bits per heavy atom. The predicted molar refractivity (Wildman–Crippen MR) is 238 cm³/mol. The van der Waals surface area contributed by atoms with Gasteiger partial charge in [0, 0.05) is 0 Å². The van der Waals surface area contributed by atoms with E-state index in [4.69, 9.17) is 9.05 Å². The fourth-order valence-electron chi connectivity index (χ4n) is 7.89. The topological polar surface area (TPSA) is 226 Å². The van der Waals surface area contributed by atoms with Crippen LogP contribution in [0.2, 0.25) is 0 Å². The lowest BCUT2D eigenvalue weighted by Crippen LogP contribution is -2.64. The molecule has 0 aromatic heterocycles. The minimum Gasteiger partial charge on any atom is -0.393 e. The van der Waals surface area contributed by atoms with Crippen LogP contribution < -0.4 is 5.32 Å². The summed E-state index contributed by atoms with van der Waals surface area (Å²) in [5, 5.41) is 74.4. The fourth-order valence-corrected chi connectivity index (χ4v) is 8.86. The van der Waals surface area contributed by atoms with Crippen molar-refractivity contribution < 1.29 is 59.0 Å². The third-order valence-corrected chi connectivity index (χ3v) is 12.9. The first-order valence-corrected chi connectivity index (χ1v) is 25.7. The second-order valence-corrected chi connectivity index (χ2v) is 18.9. The lowest BCUT2D eigenvalue weighted by atomic mass is 9.85. The van der Waals surface area contributed by atoms with Crippen molar-refractivity contribution in [3.8, 4) is 0 Å². The predicted octanol–water partition coefficient (Wildman–Crippen LogP) is 8.20. The van der Waals surface area contributed by atoms with Crippen LogP contribution >= 0.6 is 7.82 Å². The van der Waals surface area contributed by atoms with Crippen molar-refractivity contribution in [1.82, 2.24) is 5.32 Å². The number of phosphoric acid groups is 1. The summed E-state index contributed by atoms with van der Waals surface area (Å²) >= 11 is 0. The largest absolute Gasteiger partial charge is 0.472 e. The number of rotatable bonds is 40. The summed E-state index contributed by atoms with van der Waals surface area (Å²) in [6.07, 6.45) is 24.5. The number of amides is 1. The van der Waals surface area contributed by atoms with Crippen molar-refractivity contribution in [1.29, 1.82) is 0 Å². The van der Waals surface area contributed by atoms with Crippen molar-refractivity contribution >= 4 is 13.7 Å². The number of unbranched alkanes of at least 4 members (excludes halogenated alkanes) is 27. The zero-order valence-electron chi connectivity index (χ0n) is 37.6. The monoisotopic (exact) mass is 880 g/mol. The molecule has 0 heterocycles. The van der Waals surface area contributed by atoms with Crippen molar-refractivity contribution in [3.05, 3.63) is 12.2 Å². The van der Waals surface area contributed by atoms with Gasteiger partial charge in [-0.1, -0.05) is 199 Å². The third kappa shape index (κ3) is 28.0. The van der Waals surface area contributed by atoms with E-state index in [1.165, 1.54) is 141 Å². The summed E-state index contributed by atoms with van der Waals surface area (Å²) in [6, 6.07) is -1.23. The standard InChI is InChI=1S/C46H90NO12P/c1-3-5-7-9-11-13-15-16-17-18-19-20-21-22-23-24-26-28-30-32-34-39(49)38(36-58-60(56,57)59-46-44(54)42(52)41(51)43(53)45(46)55)47-40(50)35-37(48)33-31-29-27-25-14-12-10-8-6-4-2/h32,34,37-39,41-46,48-49,51-55H,3-31,33,35-36H2,1-2H3,(H,47,50)(H,56,57)/b34-32+. The summed E-state index contributed by atoms with van der Waals surface area (Å²) in [5.41, 5.74) is 0. The van der Waals surface area contributed by atoms with E-state index in [1.807, 2.05) is 0 Å². The van der Waals surface area contributed by atoms with Crippen LogP contribution in [-0.4, -0.2) is 108 Å². The number of nitrogens with one attached hydrogen (secondary N) is 1. The third-order valence-electron chi connectivity index (χ3n) is 11.9. The number of allylic oxidation sites excluding steroid dienone is 1. The SMILES string of the molecule is CCCCCCCCCCCCCCCCCCCC/C=C/C(O)C(COP(=O)(O)OC1C(O)C(O)C(O)C(O)C1O)NC(=O)CC(O)CCCCCCCCCCCC. The van der Waals surface area contributed by atoms with Gasteiger partial charge in [0.25, 0.3) is 0 Å². The van der Waals surface area contributed by atoms with E-state index in [9.17, 15) is 50.0 Å². The summed E-state index contributed by atoms with van der Waals surface area (Å²) in [7, 11) is -5.14. The second kappa shape index (κ2) is 36.4. The van der Waals surface area contributed by atoms with E-state index in [1.54, 1.807) is 6.08 Å². The van der Waals surface area contributed by atoms with Crippen molar-refractivity contribution in [2.24, 2.45) is 0 Å². The molecule has 9 N–H and O–H groups in total. The van der Waals surface area contributed by atoms with Crippen LogP contribution in [0, 0.1) is 0 Å². The number of aliphatic hydroxyl groups is 7. The number of carbonyl (C=O) groups excluding carboxylic acids is 1. The van der Waals surface area contributed by atoms with E-state index in [2.05, 4.69) is 19.2 Å². The average Bonchev–Trinajstić information content (AvgIpc) is 3.22. The average molecular weight is 880 g/mol. The molecule has 0 bridgehead atoms. The molecule has 1 rings (SSSR count). The van der Waals surface area contributed by atoms with Gasteiger partial charge in [-0.3, -0.25) is 13.8 Å². The first-order valence-electron chi connectivity index (χ1n) is 24.2. The normalized spacial score (nSPS) is 23.4. The van der Waals surface area contributed by atoms with Crippen LogP contribution in [0.25, 0.3) is 0 Å². The Morgan fingerprint density at radius 2 is 0.950 bits per heavy atom. The Balaban J connectivity index is 2.50. The number of phosphoric ester groups is 1. The Bertz CT molecular complexity index is 1090. The van der Waals surface area contributed by atoms with Crippen LogP contribution in [0.5, 0.6) is 0 Å². The Hall–Kier alpha value is -0.960. The molecule has 1 fully saturated rings. The summed E-state index contributed by atoms with van der Waals surface area (Å²) in [6.45, 7) is 3.73. The Kier molecular flexibility index (Phi) is 34.6. The van der Waals surface area contributed by atoms with E-state index in [0.29, 0.717) is 12.8 Å². The molecule has 1 amide bonds. The van der Waals surface area contributed by atoms with Crippen LogP contribution in [-0.2, 0) is 18.4 Å². The smallest absolute Gasteiger partial charge is 0.393 e. The molecule has 0 aromatic rings. The van der Waals surface area contributed by atoms with Gasteiger partial charge in [0.15, 0.2) is 0 Å². The Morgan fingerprint density at radius 1 is 0.583 bits per heavy atom. The lowest BCUT2D eigenvalue weighted by molar-refractivity contribution is -0.220. The molecule has 13 nitrogen and oxygen atoms in total. The molecule has 356 valence electrons. The highest BCUT2D eigenvalue weighted by atomic mass is 31.2. The maximum Gasteiger partial charge on any atom is 0.472 e. The summed E-state index contributed by atoms with van der Waals surface area (Å²) < 4.78 is 22.9. The fraction of sp³-hybridized carbons (Fsp3) is 0.935. The van der Waals surface area contributed by atoms with Crippen molar-refractivity contribution in [3.63, 3.8) is 0 Å². The van der Waals surface area contributed by atoms with Gasteiger partial charge in [-0.2, -0.15) is 0 Å². The molecule has 0 aliphatic heterocycles. The number of aliphatic hydroxyl groups excluding tert-OH is 7. The quantitative estimate of drug-likeness (QED) is 0.0161. The van der Waals surface area contributed by atoms with Gasteiger partial charge in [0.05, 0.1) is 31.3 Å². The van der Waals surface area contributed by atoms with E-state index < -0.39 is 75.2 Å². The van der Waals surface area contributed by atoms with E-state index in [0.717, 1.165) is 44.9 Å².